The largest absolute Gasteiger partial charge is 0.448 e. The van der Waals surface area contributed by atoms with Crippen LogP contribution < -0.4 is 5.32 Å². The van der Waals surface area contributed by atoms with Crippen molar-refractivity contribution in [2.24, 2.45) is 0 Å². The number of aromatic nitrogens is 3. The summed E-state index contributed by atoms with van der Waals surface area (Å²) in [6.45, 7) is 0.226. The number of hydrogen-bond acceptors (Lipinski definition) is 5. The van der Waals surface area contributed by atoms with Gasteiger partial charge in [0.05, 0.1) is 13.1 Å². The first-order valence-electron chi connectivity index (χ1n) is 6.94. The lowest BCUT2D eigenvalue weighted by Crippen LogP contribution is -2.37. The monoisotopic (exact) mass is 343 g/mol. The number of nitrogens with zero attached hydrogens (tertiary/aromatic N) is 4. The zero-order chi connectivity index (χ0) is 17.3. The third kappa shape index (κ3) is 3.09. The molecule has 3 rings (SSSR count). The molecule has 3 heterocycles. The normalized spacial score (nSPS) is 15.0. The summed E-state index contributed by atoms with van der Waals surface area (Å²) in [5.41, 5.74) is -1.24. The number of nitrogens with one attached hydrogen (secondary N) is 1. The Labute approximate surface area is 133 Å². The van der Waals surface area contributed by atoms with Gasteiger partial charge in [-0.2, -0.15) is 13.2 Å². The second-order valence-electron chi connectivity index (χ2n) is 5.04. The molecule has 0 atom stereocenters. The molecule has 1 aliphatic heterocycles. The molecule has 0 unspecified atom stereocenters. The van der Waals surface area contributed by atoms with Crippen LogP contribution in [0.2, 0.25) is 0 Å². The Hall–Kier alpha value is -2.85. The van der Waals surface area contributed by atoms with Crippen molar-refractivity contribution in [2.75, 3.05) is 19.7 Å². The zero-order valence-corrected chi connectivity index (χ0v) is 12.2. The topological polar surface area (TPSA) is 88.8 Å². The number of fused-ring (bicyclic) bond motifs is 1. The summed E-state index contributed by atoms with van der Waals surface area (Å²) in [7, 11) is 0. The third-order valence-electron chi connectivity index (χ3n) is 3.43. The van der Waals surface area contributed by atoms with Crippen LogP contribution in [-0.4, -0.2) is 51.2 Å². The molecule has 0 spiro atoms. The summed E-state index contributed by atoms with van der Waals surface area (Å²) in [5, 5.41) is 9.71. The first-order valence-corrected chi connectivity index (χ1v) is 6.94. The molecule has 1 N–H and O–H groups in total. The van der Waals surface area contributed by atoms with E-state index in [1.807, 2.05) is 0 Å². The van der Waals surface area contributed by atoms with E-state index in [9.17, 15) is 22.8 Å². The van der Waals surface area contributed by atoms with E-state index in [0.29, 0.717) is 6.54 Å². The molecule has 1 aliphatic rings. The lowest BCUT2D eigenvalue weighted by Gasteiger charge is -2.12. The molecule has 1 fully saturated rings. The summed E-state index contributed by atoms with van der Waals surface area (Å²) in [6.07, 6.45) is -3.75. The Bertz CT molecular complexity index is 789. The minimum Gasteiger partial charge on any atom is -0.448 e. The lowest BCUT2D eigenvalue weighted by molar-refractivity contribution is -0.136. The maximum atomic E-state index is 12.9. The number of cyclic esters (lactones) is 1. The van der Waals surface area contributed by atoms with E-state index in [4.69, 9.17) is 4.74 Å². The van der Waals surface area contributed by atoms with Crippen LogP contribution in [0, 0.1) is 0 Å². The molecule has 0 aliphatic carbocycles. The van der Waals surface area contributed by atoms with Gasteiger partial charge in [-0.3, -0.25) is 14.1 Å². The Balaban J connectivity index is 1.70. The van der Waals surface area contributed by atoms with Gasteiger partial charge in [-0.1, -0.05) is 0 Å². The molecule has 11 heteroatoms. The highest BCUT2D eigenvalue weighted by Crippen LogP contribution is 2.31. The second kappa shape index (κ2) is 5.98. The second-order valence-corrected chi connectivity index (χ2v) is 5.04. The molecular formula is C13H12F3N5O3. The highest BCUT2D eigenvalue weighted by Gasteiger charge is 2.34. The summed E-state index contributed by atoms with van der Waals surface area (Å²) in [4.78, 5) is 24.3. The van der Waals surface area contributed by atoms with E-state index in [1.165, 1.54) is 17.2 Å². The van der Waals surface area contributed by atoms with E-state index in [-0.39, 0.29) is 31.2 Å². The first-order chi connectivity index (χ1) is 11.4. The summed E-state index contributed by atoms with van der Waals surface area (Å²) in [5.74, 6) is -0.328. The van der Waals surface area contributed by atoms with Crippen LogP contribution >= 0.6 is 0 Å². The summed E-state index contributed by atoms with van der Waals surface area (Å²) in [6, 6.07) is 2.14. The van der Waals surface area contributed by atoms with E-state index >= 15 is 0 Å². The minimum atomic E-state index is -4.55. The van der Waals surface area contributed by atoms with Gasteiger partial charge in [-0.25, -0.2) is 4.79 Å². The third-order valence-corrected chi connectivity index (χ3v) is 3.43. The Morgan fingerprint density at radius 1 is 1.38 bits per heavy atom. The van der Waals surface area contributed by atoms with Crippen LogP contribution in [-0.2, 0) is 22.3 Å². The molecule has 0 radical (unpaired) electrons. The summed E-state index contributed by atoms with van der Waals surface area (Å²) >= 11 is 0. The first kappa shape index (κ1) is 16.0. The smallest absolute Gasteiger partial charge is 0.420 e. The number of halogens is 3. The highest BCUT2D eigenvalue weighted by atomic mass is 19.4. The fourth-order valence-electron chi connectivity index (χ4n) is 2.28. The molecule has 0 bridgehead atoms. The molecule has 2 amide bonds. The van der Waals surface area contributed by atoms with Crippen molar-refractivity contribution in [2.45, 2.75) is 12.7 Å². The van der Waals surface area contributed by atoms with Gasteiger partial charge in [0.1, 0.15) is 18.7 Å². The predicted octanol–water partition coefficient (Wildman–Crippen LogP) is 0.817. The van der Waals surface area contributed by atoms with Gasteiger partial charge in [0.25, 0.3) is 0 Å². The van der Waals surface area contributed by atoms with Crippen LogP contribution in [0.5, 0.6) is 0 Å². The van der Waals surface area contributed by atoms with Gasteiger partial charge in [0.2, 0.25) is 5.91 Å². The molecule has 2 aromatic rings. The number of alkyl halides is 3. The molecule has 24 heavy (non-hydrogen) atoms. The number of carbonyl (C=O) groups excluding carboxylic acids is 2. The quantitative estimate of drug-likeness (QED) is 0.888. The maximum absolute atomic E-state index is 12.9. The van der Waals surface area contributed by atoms with Crippen molar-refractivity contribution < 1.29 is 27.5 Å². The zero-order valence-electron chi connectivity index (χ0n) is 12.2. The highest BCUT2D eigenvalue weighted by molar-refractivity contribution is 5.82. The van der Waals surface area contributed by atoms with Gasteiger partial charge in [-0.05, 0) is 12.1 Å². The van der Waals surface area contributed by atoms with Gasteiger partial charge in [-0.15, -0.1) is 10.2 Å². The number of ether oxygens (including phenoxy) is 1. The molecule has 1 saturated heterocycles. The SMILES string of the molecule is O=C(CN1CCOC1=O)NCc1nnc2c(C(F)(F)F)cccn12. The van der Waals surface area contributed by atoms with Crippen molar-refractivity contribution in [1.82, 2.24) is 24.8 Å². The van der Waals surface area contributed by atoms with Crippen molar-refractivity contribution in [1.29, 1.82) is 0 Å². The lowest BCUT2D eigenvalue weighted by atomic mass is 10.2. The standard InChI is InChI=1S/C13H12F3N5O3/c14-13(15,16)8-2-1-3-21-9(18-19-11(8)21)6-17-10(22)7-20-4-5-24-12(20)23/h1-3H,4-7H2,(H,17,22). The maximum Gasteiger partial charge on any atom is 0.420 e. The number of carbonyl (C=O) groups is 2. The average molecular weight is 343 g/mol. The predicted molar refractivity (Wildman–Crippen MR) is 72.8 cm³/mol. The number of pyridine rings is 1. The Morgan fingerprint density at radius 3 is 2.83 bits per heavy atom. The summed E-state index contributed by atoms with van der Waals surface area (Å²) < 4.78 is 44.6. The van der Waals surface area contributed by atoms with Crippen molar-refractivity contribution in [3.05, 3.63) is 29.7 Å². The average Bonchev–Trinajstić information content (AvgIpc) is 3.10. The van der Waals surface area contributed by atoms with E-state index in [1.54, 1.807) is 0 Å². The molecule has 2 aromatic heterocycles. The van der Waals surface area contributed by atoms with Crippen molar-refractivity contribution >= 4 is 17.6 Å². The molecular weight excluding hydrogens is 331 g/mol. The van der Waals surface area contributed by atoms with Crippen LogP contribution in [0.3, 0.4) is 0 Å². The molecule has 0 saturated carbocycles. The molecule has 128 valence electrons. The number of hydrogen-bond donors (Lipinski definition) is 1. The fourth-order valence-corrected chi connectivity index (χ4v) is 2.28. The molecule has 0 aromatic carbocycles. The molecule has 8 nitrogen and oxygen atoms in total. The Morgan fingerprint density at radius 2 is 2.17 bits per heavy atom. The van der Waals surface area contributed by atoms with Crippen molar-refractivity contribution in [3.63, 3.8) is 0 Å². The van der Waals surface area contributed by atoms with Gasteiger partial charge in [0, 0.05) is 6.20 Å². The number of amides is 2. The van der Waals surface area contributed by atoms with Crippen LogP contribution in [0.15, 0.2) is 18.3 Å². The van der Waals surface area contributed by atoms with Gasteiger partial charge >= 0.3 is 12.3 Å². The van der Waals surface area contributed by atoms with E-state index in [0.717, 1.165) is 10.5 Å². The van der Waals surface area contributed by atoms with Crippen LogP contribution in [0.25, 0.3) is 5.65 Å². The van der Waals surface area contributed by atoms with Crippen LogP contribution in [0.1, 0.15) is 11.4 Å². The fraction of sp³-hybridized carbons (Fsp3) is 0.385. The number of rotatable bonds is 4. The van der Waals surface area contributed by atoms with Crippen LogP contribution in [0.4, 0.5) is 18.0 Å². The Kier molecular flexibility index (Phi) is 3.99. The minimum absolute atomic E-state index is 0.121. The van der Waals surface area contributed by atoms with E-state index in [2.05, 4.69) is 15.5 Å². The van der Waals surface area contributed by atoms with Gasteiger partial charge in [0.15, 0.2) is 11.5 Å². The van der Waals surface area contributed by atoms with Gasteiger partial charge < -0.3 is 10.1 Å². The van der Waals surface area contributed by atoms with Crippen molar-refractivity contribution in [3.8, 4) is 0 Å². The van der Waals surface area contributed by atoms with E-state index < -0.39 is 23.7 Å².